The number of hydrogen-bond acceptors (Lipinski definition) is 6. The molecular formula is C31H26N4O4. The van der Waals surface area contributed by atoms with Gasteiger partial charge in [-0.15, -0.1) is 0 Å². The summed E-state index contributed by atoms with van der Waals surface area (Å²) in [6.07, 6.45) is 3.28. The summed E-state index contributed by atoms with van der Waals surface area (Å²) in [7, 11) is 1.73. The first-order valence-electron chi connectivity index (χ1n) is 12.3. The van der Waals surface area contributed by atoms with E-state index in [1.807, 2.05) is 48.5 Å². The molecule has 0 aliphatic rings. The molecule has 39 heavy (non-hydrogen) atoms. The van der Waals surface area contributed by atoms with Crippen molar-refractivity contribution in [1.82, 2.24) is 14.9 Å². The Morgan fingerprint density at radius 1 is 0.718 bits per heavy atom. The summed E-state index contributed by atoms with van der Waals surface area (Å²) in [6.45, 7) is 0.643. The molecule has 8 heteroatoms. The number of aromatic nitrogens is 2. The second kappa shape index (κ2) is 11.0. The van der Waals surface area contributed by atoms with Gasteiger partial charge in [0.25, 0.3) is 11.8 Å². The first-order chi connectivity index (χ1) is 18.9. The van der Waals surface area contributed by atoms with Crippen LogP contribution in [0.3, 0.4) is 0 Å². The lowest BCUT2D eigenvalue weighted by Gasteiger charge is -2.24. The Labute approximate surface area is 225 Å². The van der Waals surface area contributed by atoms with Crippen molar-refractivity contribution >= 4 is 28.5 Å². The number of rotatable bonds is 7. The van der Waals surface area contributed by atoms with Crippen LogP contribution in [0.2, 0.25) is 0 Å². The van der Waals surface area contributed by atoms with Gasteiger partial charge in [0.15, 0.2) is 0 Å². The third-order valence-electron chi connectivity index (χ3n) is 6.37. The molecule has 0 saturated carbocycles. The Bertz CT molecular complexity index is 1640. The normalized spacial score (nSPS) is 10.8. The lowest BCUT2D eigenvalue weighted by atomic mass is 10.1. The summed E-state index contributed by atoms with van der Waals surface area (Å²) in [5, 5.41) is 20.0. The van der Waals surface area contributed by atoms with Crippen molar-refractivity contribution in [3.63, 3.8) is 0 Å². The number of carbonyl (C=O) groups excluding carboxylic acids is 2. The lowest BCUT2D eigenvalue weighted by Crippen LogP contribution is -2.30. The van der Waals surface area contributed by atoms with Crippen LogP contribution >= 0.6 is 0 Å². The number of benzene rings is 4. The van der Waals surface area contributed by atoms with Crippen molar-refractivity contribution in [3.05, 3.63) is 126 Å². The maximum atomic E-state index is 13.5. The van der Waals surface area contributed by atoms with E-state index in [2.05, 4.69) is 9.97 Å². The van der Waals surface area contributed by atoms with Gasteiger partial charge >= 0.3 is 0 Å². The molecule has 2 N–H and O–H groups in total. The van der Waals surface area contributed by atoms with Gasteiger partial charge in [-0.3, -0.25) is 19.6 Å². The van der Waals surface area contributed by atoms with Gasteiger partial charge in [-0.2, -0.15) is 0 Å². The molecule has 0 saturated heterocycles. The lowest BCUT2D eigenvalue weighted by molar-refractivity contribution is 0.0785. The topological polar surface area (TPSA) is 107 Å². The molecule has 0 aliphatic heterocycles. The molecular weight excluding hydrogens is 492 g/mol. The molecule has 8 nitrogen and oxygen atoms in total. The van der Waals surface area contributed by atoms with E-state index in [0.29, 0.717) is 17.8 Å². The number of fused-ring (bicyclic) bond motifs is 1. The predicted molar refractivity (Wildman–Crippen MR) is 149 cm³/mol. The van der Waals surface area contributed by atoms with Crippen LogP contribution in [0.1, 0.15) is 31.8 Å². The quantitative estimate of drug-likeness (QED) is 0.308. The molecule has 0 atom stereocenters. The van der Waals surface area contributed by atoms with Gasteiger partial charge in [-0.1, -0.05) is 36.4 Å². The van der Waals surface area contributed by atoms with E-state index in [0.717, 1.165) is 28.2 Å². The van der Waals surface area contributed by atoms with Crippen molar-refractivity contribution in [1.29, 1.82) is 0 Å². The average molecular weight is 519 g/mol. The molecule has 5 aromatic rings. The van der Waals surface area contributed by atoms with Crippen molar-refractivity contribution in [3.8, 4) is 11.5 Å². The Balaban J connectivity index is 1.37. The van der Waals surface area contributed by atoms with Crippen LogP contribution < -0.4 is 4.90 Å². The van der Waals surface area contributed by atoms with Crippen LogP contribution in [0, 0.1) is 0 Å². The second-order valence-corrected chi connectivity index (χ2v) is 9.17. The Kier molecular flexibility index (Phi) is 7.18. The molecule has 1 aromatic heterocycles. The van der Waals surface area contributed by atoms with Gasteiger partial charge in [0, 0.05) is 43.3 Å². The third-order valence-corrected chi connectivity index (χ3v) is 6.37. The number of phenolic OH excluding ortho intramolecular Hbond substituents is 2. The van der Waals surface area contributed by atoms with Crippen LogP contribution in [0.15, 0.2) is 103 Å². The summed E-state index contributed by atoms with van der Waals surface area (Å²) in [6, 6.07) is 25.9. The molecule has 0 aliphatic carbocycles. The van der Waals surface area contributed by atoms with Gasteiger partial charge in [-0.25, -0.2) is 0 Å². The minimum atomic E-state index is -0.438. The van der Waals surface area contributed by atoms with E-state index >= 15 is 0 Å². The number of hydrogen-bond donors (Lipinski definition) is 2. The summed E-state index contributed by atoms with van der Waals surface area (Å²) < 4.78 is 0. The molecule has 0 unspecified atom stereocenters. The smallest absolute Gasteiger partial charge is 0.262 e. The zero-order chi connectivity index (χ0) is 27.4. The van der Waals surface area contributed by atoms with Crippen molar-refractivity contribution in [2.75, 3.05) is 11.9 Å². The van der Waals surface area contributed by atoms with Crippen molar-refractivity contribution in [2.45, 2.75) is 13.1 Å². The van der Waals surface area contributed by atoms with Crippen molar-refractivity contribution in [2.24, 2.45) is 0 Å². The fourth-order valence-electron chi connectivity index (χ4n) is 4.35. The van der Waals surface area contributed by atoms with E-state index in [-0.39, 0.29) is 29.5 Å². The fraction of sp³-hybridized carbons (Fsp3) is 0.0968. The molecule has 2 amide bonds. The van der Waals surface area contributed by atoms with Gasteiger partial charge in [0.1, 0.15) is 11.5 Å². The standard InChI is InChI=1S/C31H26N4O4/c1-34(19-22-7-14-27-28(17-22)33-16-15-32-27)30(38)23-8-10-24(11-9-23)35(20-21-5-3-2-4-6-21)31(39)26-13-12-25(36)18-29(26)37/h2-18,36-37H,19-20H2,1H3. The third kappa shape index (κ3) is 5.70. The predicted octanol–water partition coefficient (Wildman–Crippen LogP) is 5.16. The monoisotopic (exact) mass is 518 g/mol. The Hall–Kier alpha value is -5.24. The number of aromatic hydroxyl groups is 2. The maximum Gasteiger partial charge on any atom is 0.262 e. The highest BCUT2D eigenvalue weighted by molar-refractivity contribution is 6.08. The number of carbonyl (C=O) groups is 2. The molecule has 4 aromatic carbocycles. The maximum absolute atomic E-state index is 13.5. The number of nitrogens with zero attached hydrogens (tertiary/aromatic N) is 4. The van der Waals surface area contributed by atoms with Crippen LogP contribution in [-0.2, 0) is 13.1 Å². The highest BCUT2D eigenvalue weighted by Crippen LogP contribution is 2.28. The SMILES string of the molecule is CN(Cc1ccc2nccnc2c1)C(=O)c1ccc(N(Cc2ccccc2)C(=O)c2ccc(O)cc2O)cc1. The van der Waals surface area contributed by atoms with Crippen molar-refractivity contribution < 1.29 is 19.8 Å². The van der Waals surface area contributed by atoms with E-state index in [4.69, 9.17) is 0 Å². The van der Waals surface area contributed by atoms with Crippen LogP contribution in [0.4, 0.5) is 5.69 Å². The second-order valence-electron chi connectivity index (χ2n) is 9.17. The fourth-order valence-corrected chi connectivity index (χ4v) is 4.35. The van der Waals surface area contributed by atoms with E-state index in [1.165, 1.54) is 17.0 Å². The first kappa shape index (κ1) is 25.4. The van der Waals surface area contributed by atoms with Gasteiger partial charge in [0.2, 0.25) is 0 Å². The highest BCUT2D eigenvalue weighted by atomic mass is 16.3. The molecule has 0 bridgehead atoms. The molecule has 5 rings (SSSR count). The molecule has 0 fully saturated rings. The molecule has 0 radical (unpaired) electrons. The number of phenols is 2. The highest BCUT2D eigenvalue weighted by Gasteiger charge is 2.22. The Morgan fingerprint density at radius 2 is 1.44 bits per heavy atom. The minimum absolute atomic E-state index is 0.0590. The molecule has 0 spiro atoms. The summed E-state index contributed by atoms with van der Waals surface area (Å²) in [5.74, 6) is -1.06. The number of amides is 2. The van der Waals surface area contributed by atoms with Gasteiger partial charge in [-0.05, 0) is 59.7 Å². The molecule has 1 heterocycles. The number of anilines is 1. The van der Waals surface area contributed by atoms with Gasteiger partial charge < -0.3 is 20.0 Å². The average Bonchev–Trinajstić information content (AvgIpc) is 2.96. The zero-order valence-electron chi connectivity index (χ0n) is 21.2. The summed E-state index contributed by atoms with van der Waals surface area (Å²) in [4.78, 5) is 38.4. The minimum Gasteiger partial charge on any atom is -0.508 e. The van der Waals surface area contributed by atoms with E-state index < -0.39 is 5.91 Å². The van der Waals surface area contributed by atoms with Gasteiger partial charge in [0.05, 0.1) is 23.1 Å². The summed E-state index contributed by atoms with van der Waals surface area (Å²) in [5.41, 5.74) is 4.48. The first-order valence-corrected chi connectivity index (χ1v) is 12.3. The van der Waals surface area contributed by atoms with E-state index in [9.17, 15) is 19.8 Å². The zero-order valence-corrected chi connectivity index (χ0v) is 21.2. The van der Waals surface area contributed by atoms with E-state index in [1.54, 1.807) is 48.6 Å². The Morgan fingerprint density at radius 3 is 2.15 bits per heavy atom. The summed E-state index contributed by atoms with van der Waals surface area (Å²) >= 11 is 0. The largest absolute Gasteiger partial charge is 0.508 e. The molecule has 194 valence electrons. The van der Waals surface area contributed by atoms with Crippen LogP contribution in [-0.4, -0.2) is 43.9 Å². The van der Waals surface area contributed by atoms with Crippen LogP contribution in [0.5, 0.6) is 11.5 Å². The van der Waals surface area contributed by atoms with Crippen LogP contribution in [0.25, 0.3) is 11.0 Å².